The van der Waals surface area contributed by atoms with E-state index < -0.39 is 0 Å². The van der Waals surface area contributed by atoms with Crippen molar-refractivity contribution < 1.29 is 4.79 Å². The lowest BCUT2D eigenvalue weighted by Crippen LogP contribution is -2.22. The third kappa shape index (κ3) is 3.97. The number of carbonyl (C=O) groups is 1. The van der Waals surface area contributed by atoms with E-state index in [4.69, 9.17) is 16.6 Å². The molecule has 4 nitrogen and oxygen atoms in total. The molecule has 0 fully saturated rings. The fourth-order valence-electron chi connectivity index (χ4n) is 4.54. The first-order chi connectivity index (χ1) is 17.1. The Labute approximate surface area is 211 Å². The van der Waals surface area contributed by atoms with Gasteiger partial charge < -0.3 is 0 Å². The zero-order valence-corrected chi connectivity index (χ0v) is 20.1. The van der Waals surface area contributed by atoms with Crippen LogP contribution in [0.15, 0.2) is 101 Å². The van der Waals surface area contributed by atoms with Crippen LogP contribution < -0.4 is 5.56 Å². The van der Waals surface area contributed by atoms with E-state index in [1.165, 1.54) is 28.5 Å². The molecule has 0 saturated heterocycles. The molecule has 0 saturated carbocycles. The molecule has 1 aromatic heterocycles. The van der Waals surface area contributed by atoms with Crippen molar-refractivity contribution in [3.8, 4) is 16.8 Å². The molecule has 0 spiro atoms. The van der Waals surface area contributed by atoms with Crippen molar-refractivity contribution in [3.05, 3.63) is 123 Å². The smallest absolute Gasteiger partial charge is 0.266 e. The molecule has 0 atom stereocenters. The first-order valence-electron chi connectivity index (χ1n) is 11.2. The van der Waals surface area contributed by atoms with Crippen LogP contribution in [0.2, 0.25) is 5.02 Å². The Hall–Kier alpha value is -3.67. The Kier molecular flexibility index (Phi) is 5.51. The van der Waals surface area contributed by atoms with Gasteiger partial charge in [0.05, 0.1) is 22.3 Å². The summed E-state index contributed by atoms with van der Waals surface area (Å²) in [6.45, 7) is 0. The molecule has 6 heteroatoms. The third-order valence-electron chi connectivity index (χ3n) is 6.28. The largest absolute Gasteiger partial charge is 0.293 e. The van der Waals surface area contributed by atoms with Crippen LogP contribution in [0.5, 0.6) is 0 Å². The molecule has 1 aliphatic rings. The highest BCUT2D eigenvalue weighted by Crippen LogP contribution is 2.37. The second-order valence-corrected chi connectivity index (χ2v) is 9.83. The lowest BCUT2D eigenvalue weighted by molar-refractivity contribution is 0.102. The van der Waals surface area contributed by atoms with Gasteiger partial charge in [0.1, 0.15) is 0 Å². The number of carbonyl (C=O) groups excluding carboxylic acids is 1. The SMILES string of the molecule is O=C(CSc1nc2ccccc2c(=O)n1-c1ccc(Cl)cc1)c1ccc2c(c1)-c1ccccc1C2. The lowest BCUT2D eigenvalue weighted by atomic mass is 10.0. The maximum absolute atomic E-state index is 13.4. The number of nitrogens with zero attached hydrogens (tertiary/aromatic N) is 2. The Balaban J connectivity index is 1.34. The summed E-state index contributed by atoms with van der Waals surface area (Å²) in [4.78, 5) is 31.3. The van der Waals surface area contributed by atoms with Crippen LogP contribution in [0.25, 0.3) is 27.7 Å². The van der Waals surface area contributed by atoms with Gasteiger partial charge in [0.15, 0.2) is 10.9 Å². The van der Waals surface area contributed by atoms with Gasteiger partial charge in [-0.1, -0.05) is 71.9 Å². The van der Waals surface area contributed by atoms with Crippen molar-refractivity contribution in [2.45, 2.75) is 11.6 Å². The fourth-order valence-corrected chi connectivity index (χ4v) is 5.57. The molecule has 0 unspecified atom stereocenters. The predicted octanol–water partition coefficient (Wildman–Crippen LogP) is 6.59. The van der Waals surface area contributed by atoms with Crippen molar-refractivity contribution >= 4 is 40.0 Å². The Morgan fingerprint density at radius 2 is 1.63 bits per heavy atom. The molecule has 5 aromatic rings. The van der Waals surface area contributed by atoms with Crippen molar-refractivity contribution in [2.24, 2.45) is 0 Å². The number of halogens is 1. The first kappa shape index (κ1) is 21.8. The number of rotatable bonds is 5. The van der Waals surface area contributed by atoms with E-state index in [0.29, 0.717) is 32.3 Å². The van der Waals surface area contributed by atoms with E-state index in [1.807, 2.05) is 48.5 Å². The Morgan fingerprint density at radius 3 is 2.49 bits per heavy atom. The molecule has 0 radical (unpaired) electrons. The number of aromatic nitrogens is 2. The topological polar surface area (TPSA) is 52.0 Å². The molecule has 0 N–H and O–H groups in total. The highest BCUT2D eigenvalue weighted by atomic mass is 35.5. The summed E-state index contributed by atoms with van der Waals surface area (Å²) in [7, 11) is 0. The zero-order valence-electron chi connectivity index (χ0n) is 18.6. The lowest BCUT2D eigenvalue weighted by Gasteiger charge is -2.13. The van der Waals surface area contributed by atoms with Crippen LogP contribution in [0, 0.1) is 0 Å². The van der Waals surface area contributed by atoms with Gasteiger partial charge in [-0.05, 0) is 71.1 Å². The standard InChI is InChI=1S/C29H19ClN2O2S/c30-21-11-13-22(14-12-21)32-28(34)24-7-3-4-8-26(24)31-29(32)35-17-27(33)20-10-9-19-15-18-5-1-2-6-23(18)25(19)16-20/h1-14,16H,15,17H2. The maximum Gasteiger partial charge on any atom is 0.266 e. The summed E-state index contributed by atoms with van der Waals surface area (Å²) in [5, 5.41) is 1.57. The number of ketones is 1. The first-order valence-corrected chi connectivity index (χ1v) is 12.6. The number of para-hydroxylation sites is 1. The van der Waals surface area contributed by atoms with E-state index in [0.717, 1.165) is 12.0 Å². The molecular weight excluding hydrogens is 476 g/mol. The number of thioether (sulfide) groups is 1. The summed E-state index contributed by atoms with van der Waals surface area (Å²) < 4.78 is 1.55. The van der Waals surface area contributed by atoms with Gasteiger partial charge in [0.2, 0.25) is 0 Å². The van der Waals surface area contributed by atoms with Crippen molar-refractivity contribution in [2.75, 3.05) is 5.75 Å². The minimum absolute atomic E-state index is 0.00718. The van der Waals surface area contributed by atoms with Crippen molar-refractivity contribution in [3.63, 3.8) is 0 Å². The van der Waals surface area contributed by atoms with Crippen LogP contribution in [-0.4, -0.2) is 21.1 Å². The second kappa shape index (κ2) is 8.84. The average molecular weight is 495 g/mol. The summed E-state index contributed by atoms with van der Waals surface area (Å²) in [5.74, 6) is 0.158. The Morgan fingerprint density at radius 1 is 0.886 bits per heavy atom. The van der Waals surface area contributed by atoms with Crippen molar-refractivity contribution in [1.29, 1.82) is 0 Å². The molecule has 0 aliphatic heterocycles. The van der Waals surface area contributed by atoms with Gasteiger partial charge in [-0.3, -0.25) is 14.2 Å². The molecule has 0 amide bonds. The minimum Gasteiger partial charge on any atom is -0.293 e. The maximum atomic E-state index is 13.4. The number of hydrogen-bond acceptors (Lipinski definition) is 4. The van der Waals surface area contributed by atoms with E-state index >= 15 is 0 Å². The minimum atomic E-state index is -0.179. The van der Waals surface area contributed by atoms with E-state index in [2.05, 4.69) is 12.1 Å². The molecule has 35 heavy (non-hydrogen) atoms. The van der Waals surface area contributed by atoms with E-state index in [9.17, 15) is 9.59 Å². The van der Waals surface area contributed by atoms with Crippen LogP contribution in [0.4, 0.5) is 0 Å². The number of benzene rings is 4. The third-order valence-corrected chi connectivity index (χ3v) is 7.47. The molecule has 4 aromatic carbocycles. The van der Waals surface area contributed by atoms with Gasteiger partial charge in [0.25, 0.3) is 5.56 Å². The summed E-state index contributed by atoms with van der Waals surface area (Å²) in [6, 6.07) is 28.5. The highest BCUT2D eigenvalue weighted by Gasteiger charge is 2.20. The molecular formula is C29H19ClN2O2S. The summed E-state index contributed by atoms with van der Waals surface area (Å²) in [6.07, 6.45) is 0.892. The van der Waals surface area contributed by atoms with E-state index in [-0.39, 0.29) is 17.1 Å². The average Bonchev–Trinajstić information content (AvgIpc) is 3.26. The summed E-state index contributed by atoms with van der Waals surface area (Å²) >= 11 is 7.33. The second-order valence-electron chi connectivity index (χ2n) is 8.45. The van der Waals surface area contributed by atoms with Crippen LogP contribution in [-0.2, 0) is 6.42 Å². The quantitative estimate of drug-likeness (QED) is 0.154. The van der Waals surface area contributed by atoms with Gasteiger partial charge in [-0.2, -0.15) is 0 Å². The van der Waals surface area contributed by atoms with Gasteiger partial charge >= 0.3 is 0 Å². The zero-order chi connectivity index (χ0) is 23.9. The van der Waals surface area contributed by atoms with Crippen LogP contribution in [0.1, 0.15) is 21.5 Å². The summed E-state index contributed by atoms with van der Waals surface area (Å²) in [5.41, 5.74) is 6.58. The molecule has 1 aliphatic carbocycles. The van der Waals surface area contributed by atoms with Gasteiger partial charge in [-0.15, -0.1) is 0 Å². The van der Waals surface area contributed by atoms with Crippen LogP contribution >= 0.6 is 23.4 Å². The highest BCUT2D eigenvalue weighted by molar-refractivity contribution is 7.99. The van der Waals surface area contributed by atoms with Crippen LogP contribution in [0.3, 0.4) is 0 Å². The molecule has 6 rings (SSSR count). The monoisotopic (exact) mass is 494 g/mol. The van der Waals surface area contributed by atoms with Crippen molar-refractivity contribution in [1.82, 2.24) is 9.55 Å². The van der Waals surface area contributed by atoms with E-state index in [1.54, 1.807) is 34.9 Å². The molecule has 1 heterocycles. The van der Waals surface area contributed by atoms with Gasteiger partial charge in [0, 0.05) is 10.6 Å². The Bertz CT molecular complexity index is 1680. The number of fused-ring (bicyclic) bond motifs is 4. The van der Waals surface area contributed by atoms with Gasteiger partial charge in [-0.25, -0.2) is 4.98 Å². The molecule has 0 bridgehead atoms. The fraction of sp³-hybridized carbons (Fsp3) is 0.0690. The normalized spacial score (nSPS) is 11.9. The number of Topliss-reactive ketones (excluding diaryl/α,β-unsaturated/α-hetero) is 1. The number of hydrogen-bond donors (Lipinski definition) is 0. The predicted molar refractivity (Wildman–Crippen MR) is 142 cm³/mol. The molecule has 170 valence electrons.